The Balaban J connectivity index is 1.71. The van der Waals surface area contributed by atoms with E-state index in [2.05, 4.69) is 5.32 Å². The molecule has 0 fully saturated rings. The second kappa shape index (κ2) is 10.2. The molecule has 7 heteroatoms. The molecule has 2 aromatic carbocycles. The number of ether oxygens (including phenoxy) is 2. The van der Waals surface area contributed by atoms with Gasteiger partial charge in [-0.25, -0.2) is 9.18 Å². The van der Waals surface area contributed by atoms with Crippen LogP contribution in [0, 0.1) is 12.7 Å². The number of hydrogen-bond acceptors (Lipinski definition) is 4. The highest BCUT2D eigenvalue weighted by atomic mass is 19.1. The highest BCUT2D eigenvalue weighted by Crippen LogP contribution is 2.16. The van der Waals surface area contributed by atoms with E-state index in [1.165, 1.54) is 24.3 Å². The molecule has 1 atom stereocenters. The van der Waals surface area contributed by atoms with E-state index in [1.54, 1.807) is 0 Å². The predicted molar refractivity (Wildman–Crippen MR) is 97.4 cm³/mol. The largest absolute Gasteiger partial charge is 0.493 e. The number of amides is 1. The Morgan fingerprint density at radius 3 is 2.52 bits per heavy atom. The van der Waals surface area contributed by atoms with Gasteiger partial charge in [-0.3, -0.25) is 4.79 Å². The molecule has 0 aromatic heterocycles. The smallest absolute Gasteiger partial charge is 0.346 e. The lowest BCUT2D eigenvalue weighted by Crippen LogP contribution is -2.40. The number of halogens is 1. The van der Waals surface area contributed by atoms with Crippen molar-refractivity contribution >= 4 is 11.9 Å². The van der Waals surface area contributed by atoms with Crippen molar-refractivity contribution in [2.45, 2.75) is 25.9 Å². The number of nitrogens with one attached hydrogen (secondary N) is 1. The van der Waals surface area contributed by atoms with E-state index >= 15 is 0 Å². The first kappa shape index (κ1) is 20.2. The van der Waals surface area contributed by atoms with Crippen LogP contribution in [0.15, 0.2) is 48.5 Å². The topological polar surface area (TPSA) is 84.9 Å². The van der Waals surface area contributed by atoms with Gasteiger partial charge in [-0.2, -0.15) is 0 Å². The van der Waals surface area contributed by atoms with Crippen molar-refractivity contribution in [2.75, 3.05) is 13.2 Å². The average molecular weight is 375 g/mol. The van der Waals surface area contributed by atoms with E-state index in [4.69, 9.17) is 9.47 Å². The van der Waals surface area contributed by atoms with Crippen LogP contribution in [-0.2, 0) is 9.59 Å². The number of aryl methyl sites for hydroxylation is 1. The molecule has 2 N–H and O–H groups in total. The summed E-state index contributed by atoms with van der Waals surface area (Å²) in [4.78, 5) is 23.1. The zero-order valence-corrected chi connectivity index (χ0v) is 15.0. The molecule has 0 radical (unpaired) electrons. The van der Waals surface area contributed by atoms with Gasteiger partial charge in [0.15, 0.2) is 0 Å². The summed E-state index contributed by atoms with van der Waals surface area (Å²) < 4.78 is 23.8. The monoisotopic (exact) mass is 375 g/mol. The predicted octanol–water partition coefficient (Wildman–Crippen LogP) is 2.94. The Hall–Kier alpha value is -3.09. The maximum atomic E-state index is 12.9. The summed E-state index contributed by atoms with van der Waals surface area (Å²) in [6.45, 7) is 2.13. The lowest BCUT2D eigenvalue weighted by Gasteiger charge is -2.16. The Labute approximate surface area is 156 Å². The lowest BCUT2D eigenvalue weighted by molar-refractivity contribution is -0.145. The van der Waals surface area contributed by atoms with Crippen molar-refractivity contribution in [3.8, 4) is 11.5 Å². The quantitative estimate of drug-likeness (QED) is 0.624. The van der Waals surface area contributed by atoms with Crippen LogP contribution < -0.4 is 14.8 Å². The van der Waals surface area contributed by atoms with Gasteiger partial charge in [0.2, 0.25) is 12.0 Å². The second-order valence-electron chi connectivity index (χ2n) is 5.92. The van der Waals surface area contributed by atoms with Gasteiger partial charge in [-0.05, 0) is 49.2 Å². The maximum Gasteiger partial charge on any atom is 0.346 e. The standard InChI is InChI=1S/C20H22FNO5/c1-14-5-2-3-6-17(14)26-12-4-7-19(23)22-13-18(20(24)25)27-16-10-8-15(21)9-11-16/h2-3,5-6,8-11,18H,4,7,12-13H2,1H3,(H,22,23)(H,24,25). The number of hydrogen-bond donors (Lipinski definition) is 2. The molecule has 0 aliphatic carbocycles. The Kier molecular flexibility index (Phi) is 7.61. The highest BCUT2D eigenvalue weighted by Gasteiger charge is 2.20. The van der Waals surface area contributed by atoms with E-state index in [0.29, 0.717) is 13.0 Å². The van der Waals surface area contributed by atoms with Gasteiger partial charge in [0.25, 0.3) is 0 Å². The summed E-state index contributed by atoms with van der Waals surface area (Å²) in [5, 5.41) is 11.7. The van der Waals surface area contributed by atoms with Gasteiger partial charge >= 0.3 is 5.97 Å². The molecule has 1 amide bonds. The third kappa shape index (κ3) is 6.97. The van der Waals surface area contributed by atoms with Crippen LogP contribution >= 0.6 is 0 Å². The molecule has 6 nitrogen and oxygen atoms in total. The summed E-state index contributed by atoms with van der Waals surface area (Å²) in [7, 11) is 0. The number of benzene rings is 2. The van der Waals surface area contributed by atoms with Crippen molar-refractivity contribution < 1.29 is 28.6 Å². The van der Waals surface area contributed by atoms with Crippen LogP contribution in [0.5, 0.6) is 11.5 Å². The molecule has 0 spiro atoms. The van der Waals surface area contributed by atoms with Gasteiger partial charge in [0.05, 0.1) is 13.2 Å². The van der Waals surface area contributed by atoms with Crippen molar-refractivity contribution in [3.05, 3.63) is 59.9 Å². The summed E-state index contributed by atoms with van der Waals surface area (Å²) in [6.07, 6.45) is -0.562. The molecule has 0 heterocycles. The summed E-state index contributed by atoms with van der Waals surface area (Å²) in [5.74, 6) is -0.975. The molecule has 0 saturated heterocycles. The Bertz CT molecular complexity index is 763. The molecule has 2 rings (SSSR count). The Morgan fingerprint density at radius 2 is 1.85 bits per heavy atom. The molecule has 0 bridgehead atoms. The molecular formula is C20H22FNO5. The fourth-order valence-electron chi connectivity index (χ4n) is 2.28. The first-order valence-electron chi connectivity index (χ1n) is 8.56. The first-order valence-corrected chi connectivity index (χ1v) is 8.56. The third-order valence-electron chi connectivity index (χ3n) is 3.75. The van der Waals surface area contributed by atoms with Crippen LogP contribution in [0.2, 0.25) is 0 Å². The van der Waals surface area contributed by atoms with Crippen molar-refractivity contribution in [3.63, 3.8) is 0 Å². The SMILES string of the molecule is Cc1ccccc1OCCCC(=O)NCC(Oc1ccc(F)cc1)C(=O)O. The minimum absolute atomic E-state index is 0.190. The van der Waals surface area contributed by atoms with Crippen LogP contribution in [0.4, 0.5) is 4.39 Å². The normalized spacial score (nSPS) is 11.5. The molecular weight excluding hydrogens is 353 g/mol. The third-order valence-corrected chi connectivity index (χ3v) is 3.75. The lowest BCUT2D eigenvalue weighted by atomic mass is 10.2. The van der Waals surface area contributed by atoms with Crippen molar-refractivity contribution in [1.29, 1.82) is 0 Å². The van der Waals surface area contributed by atoms with Crippen molar-refractivity contribution in [1.82, 2.24) is 5.32 Å². The number of para-hydroxylation sites is 1. The Morgan fingerprint density at radius 1 is 1.15 bits per heavy atom. The van der Waals surface area contributed by atoms with E-state index in [9.17, 15) is 19.1 Å². The molecule has 2 aromatic rings. The highest BCUT2D eigenvalue weighted by molar-refractivity contribution is 5.78. The zero-order valence-electron chi connectivity index (χ0n) is 15.0. The molecule has 0 saturated carbocycles. The van der Waals surface area contributed by atoms with Crippen LogP contribution in [0.1, 0.15) is 18.4 Å². The second-order valence-corrected chi connectivity index (χ2v) is 5.92. The number of carbonyl (C=O) groups excluding carboxylic acids is 1. The number of aliphatic carboxylic acids is 1. The minimum Gasteiger partial charge on any atom is -0.493 e. The summed E-state index contributed by atoms with van der Waals surface area (Å²) >= 11 is 0. The van der Waals surface area contributed by atoms with E-state index < -0.39 is 17.9 Å². The molecule has 1 unspecified atom stereocenters. The first-order chi connectivity index (χ1) is 13.0. The number of carboxylic acid groups (broad SMARTS) is 1. The van der Waals surface area contributed by atoms with E-state index in [0.717, 1.165) is 11.3 Å². The van der Waals surface area contributed by atoms with E-state index in [1.807, 2.05) is 31.2 Å². The fourth-order valence-corrected chi connectivity index (χ4v) is 2.28. The number of rotatable bonds is 10. The van der Waals surface area contributed by atoms with Gasteiger partial charge in [-0.1, -0.05) is 18.2 Å². The summed E-state index contributed by atoms with van der Waals surface area (Å²) in [6, 6.07) is 12.6. The molecule has 144 valence electrons. The molecule has 27 heavy (non-hydrogen) atoms. The molecule has 0 aliphatic heterocycles. The van der Waals surface area contributed by atoms with E-state index in [-0.39, 0.29) is 24.6 Å². The van der Waals surface area contributed by atoms with Gasteiger partial charge in [0, 0.05) is 6.42 Å². The fraction of sp³-hybridized carbons (Fsp3) is 0.300. The maximum absolute atomic E-state index is 12.9. The summed E-state index contributed by atoms with van der Waals surface area (Å²) in [5.41, 5.74) is 1.02. The van der Waals surface area contributed by atoms with Gasteiger partial charge < -0.3 is 19.9 Å². The van der Waals surface area contributed by atoms with Crippen LogP contribution in [-0.4, -0.2) is 36.2 Å². The minimum atomic E-state index is -1.26. The molecule has 0 aliphatic rings. The number of carboxylic acids is 1. The van der Waals surface area contributed by atoms with Gasteiger partial charge in [-0.15, -0.1) is 0 Å². The average Bonchev–Trinajstić information content (AvgIpc) is 2.65. The van der Waals surface area contributed by atoms with Crippen LogP contribution in [0.25, 0.3) is 0 Å². The van der Waals surface area contributed by atoms with Crippen LogP contribution in [0.3, 0.4) is 0 Å². The van der Waals surface area contributed by atoms with Crippen molar-refractivity contribution in [2.24, 2.45) is 0 Å². The number of carbonyl (C=O) groups is 2. The zero-order chi connectivity index (χ0) is 19.6. The van der Waals surface area contributed by atoms with Gasteiger partial charge in [0.1, 0.15) is 17.3 Å².